The molecular weight excluding hydrogens is 389 g/mol. The maximum absolute atomic E-state index is 12.3. The smallest absolute Gasteiger partial charge is 0.406 e. The number of benzene rings is 2. The fourth-order valence-corrected chi connectivity index (χ4v) is 3.38. The van der Waals surface area contributed by atoms with E-state index < -0.39 is 6.36 Å². The van der Waals surface area contributed by atoms with Crippen LogP contribution in [0.15, 0.2) is 53.4 Å². The zero-order valence-electron chi connectivity index (χ0n) is 15.1. The first-order valence-corrected chi connectivity index (χ1v) is 9.42. The van der Waals surface area contributed by atoms with E-state index in [1.54, 1.807) is 6.07 Å². The molecule has 2 rings (SSSR count). The minimum Gasteiger partial charge on any atom is -0.406 e. The van der Waals surface area contributed by atoms with Crippen molar-refractivity contribution in [1.82, 2.24) is 0 Å². The number of alkyl halides is 3. The highest BCUT2D eigenvalue weighted by Crippen LogP contribution is 2.31. The van der Waals surface area contributed by atoms with Crippen molar-refractivity contribution in [2.24, 2.45) is 0 Å². The Hall–Kier alpha value is -2.66. The molecule has 148 valence electrons. The van der Waals surface area contributed by atoms with E-state index in [2.05, 4.69) is 16.1 Å². The Morgan fingerprint density at radius 3 is 2.54 bits per heavy atom. The maximum Gasteiger partial charge on any atom is 0.573 e. The van der Waals surface area contributed by atoms with Crippen LogP contribution < -0.4 is 10.1 Å². The molecule has 0 aliphatic carbocycles. The van der Waals surface area contributed by atoms with Crippen molar-refractivity contribution in [2.45, 2.75) is 42.7 Å². The number of para-hydroxylation sites is 1. The largest absolute Gasteiger partial charge is 0.573 e. The molecule has 0 heterocycles. The lowest BCUT2D eigenvalue weighted by atomic mass is 10.1. The Balaban J connectivity index is 1.90. The summed E-state index contributed by atoms with van der Waals surface area (Å²) in [6, 6.07) is 14.9. The molecule has 2 aromatic carbocycles. The summed E-state index contributed by atoms with van der Waals surface area (Å²) < 4.78 is 40.3. The molecule has 0 spiro atoms. The maximum atomic E-state index is 12.3. The zero-order chi connectivity index (χ0) is 20.6. The van der Waals surface area contributed by atoms with E-state index in [-0.39, 0.29) is 23.3 Å². The van der Waals surface area contributed by atoms with Crippen molar-refractivity contribution in [3.05, 3.63) is 54.1 Å². The van der Waals surface area contributed by atoms with Gasteiger partial charge in [-0.15, -0.1) is 24.9 Å². The van der Waals surface area contributed by atoms with Gasteiger partial charge in [0.05, 0.1) is 11.8 Å². The number of carbonyl (C=O) groups excluding carboxylic acids is 1. The Morgan fingerprint density at radius 1 is 1.21 bits per heavy atom. The van der Waals surface area contributed by atoms with Gasteiger partial charge in [0, 0.05) is 23.0 Å². The number of anilines is 1. The van der Waals surface area contributed by atoms with E-state index in [0.717, 1.165) is 10.5 Å². The van der Waals surface area contributed by atoms with Crippen LogP contribution in [0.3, 0.4) is 0 Å². The zero-order valence-corrected chi connectivity index (χ0v) is 15.9. The number of hydrogen-bond acceptors (Lipinski definition) is 4. The first-order chi connectivity index (χ1) is 13.3. The van der Waals surface area contributed by atoms with Crippen LogP contribution in [0.2, 0.25) is 0 Å². The van der Waals surface area contributed by atoms with Gasteiger partial charge in [0.1, 0.15) is 5.75 Å². The molecule has 1 amide bonds. The first-order valence-electron chi connectivity index (χ1n) is 8.54. The fraction of sp³-hybridized carbons (Fsp3) is 0.300. The van der Waals surface area contributed by atoms with Crippen LogP contribution in [0.5, 0.6) is 5.75 Å². The number of thioether (sulfide) groups is 1. The number of nitrogens with one attached hydrogen (secondary N) is 1. The molecule has 8 heteroatoms. The van der Waals surface area contributed by atoms with E-state index in [4.69, 9.17) is 5.26 Å². The molecule has 0 radical (unpaired) electrons. The van der Waals surface area contributed by atoms with E-state index in [0.29, 0.717) is 18.5 Å². The van der Waals surface area contributed by atoms with Gasteiger partial charge in [0.15, 0.2) is 0 Å². The Labute approximate surface area is 165 Å². The van der Waals surface area contributed by atoms with Crippen LogP contribution in [-0.2, 0) is 11.2 Å². The van der Waals surface area contributed by atoms with Gasteiger partial charge in [0.2, 0.25) is 5.91 Å². The van der Waals surface area contributed by atoms with Gasteiger partial charge in [-0.3, -0.25) is 4.79 Å². The number of aryl methyl sites for hydroxylation is 1. The van der Waals surface area contributed by atoms with Crippen molar-refractivity contribution < 1.29 is 22.7 Å². The molecule has 1 atom stereocenters. The molecule has 0 aromatic heterocycles. The number of halogens is 3. The molecule has 0 saturated heterocycles. The first kappa shape index (κ1) is 21.6. The molecule has 2 aromatic rings. The molecule has 4 nitrogen and oxygen atoms in total. The van der Waals surface area contributed by atoms with E-state index in [1.165, 1.54) is 36.0 Å². The fourth-order valence-electron chi connectivity index (χ4n) is 2.39. The summed E-state index contributed by atoms with van der Waals surface area (Å²) in [5.74, 6) is -0.491. The molecule has 0 aliphatic rings. The van der Waals surface area contributed by atoms with Gasteiger partial charge in [-0.2, -0.15) is 5.26 Å². The van der Waals surface area contributed by atoms with Crippen LogP contribution in [0, 0.1) is 11.3 Å². The SMILES string of the molecule is CC(CC#N)Sc1ccccc1NC(=O)CCc1ccc(OC(F)(F)F)cc1. The summed E-state index contributed by atoms with van der Waals surface area (Å²) >= 11 is 1.51. The average molecular weight is 408 g/mol. The Bertz CT molecular complexity index is 833. The van der Waals surface area contributed by atoms with Gasteiger partial charge in [-0.05, 0) is 36.2 Å². The lowest BCUT2D eigenvalue weighted by Crippen LogP contribution is -2.17. The van der Waals surface area contributed by atoms with E-state index >= 15 is 0 Å². The van der Waals surface area contributed by atoms with Gasteiger partial charge < -0.3 is 10.1 Å². The second kappa shape index (κ2) is 10.0. The second-order valence-corrected chi connectivity index (χ2v) is 7.51. The molecule has 1 unspecified atom stereocenters. The van der Waals surface area contributed by atoms with Crippen LogP contribution in [0.25, 0.3) is 0 Å². The summed E-state index contributed by atoms with van der Waals surface area (Å²) in [5, 5.41) is 11.7. The van der Waals surface area contributed by atoms with E-state index in [9.17, 15) is 18.0 Å². The third kappa shape index (κ3) is 7.53. The van der Waals surface area contributed by atoms with Gasteiger partial charge in [-0.25, -0.2) is 0 Å². The van der Waals surface area contributed by atoms with Gasteiger partial charge >= 0.3 is 6.36 Å². The predicted molar refractivity (Wildman–Crippen MR) is 102 cm³/mol. The molecule has 1 N–H and O–H groups in total. The molecule has 0 saturated carbocycles. The molecule has 0 bridgehead atoms. The van der Waals surface area contributed by atoms with Crippen LogP contribution in [0.1, 0.15) is 25.3 Å². The summed E-state index contributed by atoms with van der Waals surface area (Å²) in [7, 11) is 0. The number of rotatable bonds is 8. The number of carbonyl (C=O) groups is 1. The summed E-state index contributed by atoms with van der Waals surface area (Å²) in [6.07, 6.45) is -3.75. The number of ether oxygens (including phenoxy) is 1. The number of amides is 1. The van der Waals surface area contributed by atoms with Crippen molar-refractivity contribution in [1.29, 1.82) is 5.26 Å². The average Bonchev–Trinajstić information content (AvgIpc) is 2.62. The number of nitrogens with zero attached hydrogens (tertiary/aromatic N) is 1. The topological polar surface area (TPSA) is 62.1 Å². The lowest BCUT2D eigenvalue weighted by Gasteiger charge is -2.13. The van der Waals surface area contributed by atoms with Gasteiger partial charge in [-0.1, -0.05) is 31.2 Å². The molecule has 0 aliphatic heterocycles. The van der Waals surface area contributed by atoms with Crippen LogP contribution >= 0.6 is 11.8 Å². The molecule has 0 fully saturated rings. The second-order valence-electron chi connectivity index (χ2n) is 6.03. The van der Waals surface area contributed by atoms with E-state index in [1.807, 2.05) is 25.1 Å². The van der Waals surface area contributed by atoms with Crippen LogP contribution in [0.4, 0.5) is 18.9 Å². The monoisotopic (exact) mass is 408 g/mol. The minimum atomic E-state index is -4.72. The third-order valence-corrected chi connectivity index (χ3v) is 4.84. The Morgan fingerprint density at radius 2 is 1.89 bits per heavy atom. The highest BCUT2D eigenvalue weighted by molar-refractivity contribution is 8.00. The predicted octanol–water partition coefficient (Wildman–Crippen LogP) is 5.55. The van der Waals surface area contributed by atoms with Crippen molar-refractivity contribution in [3.63, 3.8) is 0 Å². The standard InChI is InChI=1S/C20H19F3N2O2S/c1-14(12-13-24)28-18-5-3-2-4-17(18)25-19(26)11-8-15-6-9-16(10-7-15)27-20(21,22)23/h2-7,9-10,14H,8,11-12H2,1H3,(H,25,26). The molecular formula is C20H19F3N2O2S. The van der Waals surface area contributed by atoms with Crippen molar-refractivity contribution >= 4 is 23.4 Å². The Kier molecular flexibility index (Phi) is 7.76. The normalized spacial score (nSPS) is 12.1. The lowest BCUT2D eigenvalue weighted by molar-refractivity contribution is -0.274. The summed E-state index contributed by atoms with van der Waals surface area (Å²) in [6.45, 7) is 1.94. The quantitative estimate of drug-likeness (QED) is 0.582. The van der Waals surface area contributed by atoms with Gasteiger partial charge in [0.25, 0.3) is 0 Å². The summed E-state index contributed by atoms with van der Waals surface area (Å²) in [5.41, 5.74) is 1.41. The van der Waals surface area contributed by atoms with Crippen molar-refractivity contribution in [2.75, 3.05) is 5.32 Å². The highest BCUT2D eigenvalue weighted by Gasteiger charge is 2.30. The number of hydrogen-bond donors (Lipinski definition) is 1. The van der Waals surface area contributed by atoms with Crippen molar-refractivity contribution in [3.8, 4) is 11.8 Å². The third-order valence-electron chi connectivity index (χ3n) is 3.67. The summed E-state index contributed by atoms with van der Waals surface area (Å²) in [4.78, 5) is 13.1. The number of nitriles is 1. The molecule has 28 heavy (non-hydrogen) atoms. The van der Waals surface area contributed by atoms with Crippen LogP contribution in [-0.4, -0.2) is 17.5 Å². The minimum absolute atomic E-state index is 0.0977. The highest BCUT2D eigenvalue weighted by atomic mass is 32.2.